The first-order chi connectivity index (χ1) is 12.1. The van der Waals surface area contributed by atoms with Crippen LogP contribution in [0.5, 0.6) is 0 Å². The zero-order valence-electron chi connectivity index (χ0n) is 14.7. The number of fused-ring (bicyclic) bond motifs is 1. The highest BCUT2D eigenvalue weighted by Crippen LogP contribution is 2.39. The van der Waals surface area contributed by atoms with Crippen molar-refractivity contribution in [1.82, 2.24) is 10.3 Å². The molecule has 2 aromatic rings. The lowest BCUT2D eigenvalue weighted by Crippen LogP contribution is -2.39. The molecule has 2 fully saturated rings. The molecule has 2 N–H and O–H groups in total. The predicted octanol–water partition coefficient (Wildman–Crippen LogP) is 4.16. The van der Waals surface area contributed by atoms with Gasteiger partial charge in [0, 0.05) is 11.1 Å². The number of carbonyl (C=O) groups excluding carboxylic acids is 1. The lowest BCUT2D eigenvalue weighted by Gasteiger charge is -2.32. The minimum Gasteiger partial charge on any atom is -0.373 e. The first-order valence-corrected chi connectivity index (χ1v) is 9.21. The number of anilines is 1. The fraction of sp³-hybridized carbons (Fsp3) is 0.500. The minimum absolute atomic E-state index is 0.0110. The summed E-state index contributed by atoms with van der Waals surface area (Å²) in [6.45, 7) is 2.58. The van der Waals surface area contributed by atoms with Crippen molar-refractivity contribution in [2.75, 3.05) is 11.9 Å². The molecule has 2 aliphatic rings. The maximum atomic E-state index is 12.5. The summed E-state index contributed by atoms with van der Waals surface area (Å²) < 4.78 is 6.08. The van der Waals surface area contributed by atoms with E-state index < -0.39 is 0 Å². The summed E-state index contributed by atoms with van der Waals surface area (Å²) in [5.74, 6) is 0. The van der Waals surface area contributed by atoms with Crippen molar-refractivity contribution in [3.63, 3.8) is 0 Å². The Morgan fingerprint density at radius 1 is 1.20 bits per heavy atom. The van der Waals surface area contributed by atoms with Gasteiger partial charge in [0.05, 0.1) is 29.5 Å². The molecule has 1 aliphatic heterocycles. The molecule has 132 valence electrons. The van der Waals surface area contributed by atoms with E-state index in [0.717, 1.165) is 41.5 Å². The Hall–Kier alpha value is -2.14. The summed E-state index contributed by atoms with van der Waals surface area (Å²) in [4.78, 5) is 17.0. The second-order valence-corrected chi connectivity index (χ2v) is 7.38. The normalized spacial score (nSPS) is 22.2. The lowest BCUT2D eigenvalue weighted by atomic mass is 9.82. The third kappa shape index (κ3) is 3.47. The van der Waals surface area contributed by atoms with E-state index >= 15 is 0 Å². The number of urea groups is 1. The quantitative estimate of drug-likeness (QED) is 0.864. The second kappa shape index (κ2) is 6.64. The molecule has 1 aliphatic carbocycles. The Kier molecular flexibility index (Phi) is 4.34. The van der Waals surface area contributed by atoms with E-state index in [1.54, 1.807) is 0 Å². The number of ether oxygens (including phenoxy) is 1. The number of hydrogen-bond acceptors (Lipinski definition) is 3. The molecule has 25 heavy (non-hydrogen) atoms. The van der Waals surface area contributed by atoms with Crippen molar-refractivity contribution < 1.29 is 9.53 Å². The number of benzene rings is 1. The van der Waals surface area contributed by atoms with Crippen LogP contribution in [0.2, 0.25) is 0 Å². The van der Waals surface area contributed by atoms with Crippen LogP contribution in [-0.2, 0) is 4.74 Å². The van der Waals surface area contributed by atoms with Gasteiger partial charge < -0.3 is 15.4 Å². The predicted molar refractivity (Wildman–Crippen MR) is 98.8 cm³/mol. The van der Waals surface area contributed by atoms with Crippen molar-refractivity contribution in [2.45, 2.75) is 57.1 Å². The number of amides is 2. The molecule has 1 aromatic carbocycles. The van der Waals surface area contributed by atoms with Crippen LogP contribution in [0.3, 0.4) is 0 Å². The van der Waals surface area contributed by atoms with Gasteiger partial charge in [-0.2, -0.15) is 0 Å². The van der Waals surface area contributed by atoms with Crippen LogP contribution in [0, 0.1) is 6.92 Å². The molecule has 2 amide bonds. The number of rotatable bonds is 2. The van der Waals surface area contributed by atoms with Crippen LogP contribution in [-0.4, -0.2) is 29.3 Å². The Balaban J connectivity index is 1.41. The highest BCUT2D eigenvalue weighted by Gasteiger charge is 2.41. The molecule has 1 atom stereocenters. The summed E-state index contributed by atoms with van der Waals surface area (Å²) in [7, 11) is 0. The number of aryl methyl sites for hydroxylation is 1. The summed E-state index contributed by atoms with van der Waals surface area (Å²) in [5, 5.41) is 7.01. The molecule has 5 heteroatoms. The Bertz CT molecular complexity index is 784. The van der Waals surface area contributed by atoms with Crippen LogP contribution >= 0.6 is 0 Å². The van der Waals surface area contributed by atoms with Crippen LogP contribution in [0.25, 0.3) is 10.9 Å². The number of nitrogens with zero attached hydrogens (tertiary/aromatic N) is 1. The van der Waals surface area contributed by atoms with Crippen molar-refractivity contribution in [2.24, 2.45) is 0 Å². The Morgan fingerprint density at radius 2 is 2.04 bits per heavy atom. The highest BCUT2D eigenvalue weighted by molar-refractivity contribution is 6.00. The Labute approximate surface area is 148 Å². The molecule has 5 nitrogen and oxygen atoms in total. The third-order valence-corrected chi connectivity index (χ3v) is 5.43. The maximum absolute atomic E-state index is 12.5. The molecule has 1 spiro atoms. The van der Waals surface area contributed by atoms with Crippen molar-refractivity contribution in [3.05, 3.63) is 36.0 Å². The number of pyridine rings is 1. The number of nitrogens with one attached hydrogen (secondary N) is 2. The molecular weight excluding hydrogens is 314 g/mol. The van der Waals surface area contributed by atoms with E-state index in [1.165, 1.54) is 19.3 Å². The van der Waals surface area contributed by atoms with E-state index in [0.29, 0.717) is 6.61 Å². The average molecular weight is 339 g/mol. The van der Waals surface area contributed by atoms with E-state index in [1.807, 2.05) is 37.3 Å². The zero-order valence-corrected chi connectivity index (χ0v) is 14.7. The van der Waals surface area contributed by atoms with Gasteiger partial charge in [0.15, 0.2) is 0 Å². The van der Waals surface area contributed by atoms with Gasteiger partial charge in [-0.05, 0) is 50.5 Å². The first-order valence-electron chi connectivity index (χ1n) is 9.21. The van der Waals surface area contributed by atoms with Gasteiger partial charge in [-0.1, -0.05) is 25.3 Å². The van der Waals surface area contributed by atoms with E-state index in [-0.39, 0.29) is 17.7 Å². The fourth-order valence-corrected chi connectivity index (χ4v) is 4.19. The van der Waals surface area contributed by atoms with Gasteiger partial charge in [-0.15, -0.1) is 0 Å². The largest absolute Gasteiger partial charge is 0.373 e. The van der Waals surface area contributed by atoms with Gasteiger partial charge >= 0.3 is 6.03 Å². The van der Waals surface area contributed by atoms with Gasteiger partial charge in [0.25, 0.3) is 0 Å². The van der Waals surface area contributed by atoms with Gasteiger partial charge in [0.1, 0.15) is 0 Å². The van der Waals surface area contributed by atoms with Crippen LogP contribution < -0.4 is 10.6 Å². The third-order valence-electron chi connectivity index (χ3n) is 5.43. The molecule has 1 aromatic heterocycles. The minimum atomic E-state index is -0.172. The molecule has 4 rings (SSSR count). The first kappa shape index (κ1) is 16.3. The average Bonchev–Trinajstić information content (AvgIpc) is 2.97. The monoisotopic (exact) mass is 339 g/mol. The number of carbonyl (C=O) groups is 1. The summed E-state index contributed by atoms with van der Waals surface area (Å²) in [5.41, 5.74) is 2.66. The van der Waals surface area contributed by atoms with Gasteiger partial charge in [0.2, 0.25) is 0 Å². The smallest absolute Gasteiger partial charge is 0.319 e. The Morgan fingerprint density at radius 3 is 2.88 bits per heavy atom. The van der Waals surface area contributed by atoms with Gasteiger partial charge in [-0.25, -0.2) is 4.79 Å². The molecule has 1 saturated carbocycles. The molecule has 0 radical (unpaired) electrons. The van der Waals surface area contributed by atoms with Gasteiger partial charge in [-0.3, -0.25) is 4.98 Å². The van der Waals surface area contributed by atoms with Crippen molar-refractivity contribution in [3.8, 4) is 0 Å². The molecule has 2 heterocycles. The van der Waals surface area contributed by atoms with Crippen molar-refractivity contribution in [1.29, 1.82) is 0 Å². The molecule has 1 saturated heterocycles. The lowest BCUT2D eigenvalue weighted by molar-refractivity contribution is -0.0245. The van der Waals surface area contributed by atoms with Crippen LogP contribution in [0.15, 0.2) is 30.3 Å². The van der Waals surface area contributed by atoms with E-state index in [2.05, 4.69) is 15.6 Å². The number of hydrogen-bond donors (Lipinski definition) is 2. The molecule has 0 bridgehead atoms. The fourth-order valence-electron chi connectivity index (χ4n) is 4.19. The second-order valence-electron chi connectivity index (χ2n) is 7.38. The highest BCUT2D eigenvalue weighted by atomic mass is 16.5. The van der Waals surface area contributed by atoms with Crippen LogP contribution in [0.4, 0.5) is 10.5 Å². The zero-order chi connectivity index (χ0) is 17.3. The van der Waals surface area contributed by atoms with Crippen molar-refractivity contribution >= 4 is 22.6 Å². The van der Waals surface area contributed by atoms with Crippen LogP contribution in [0.1, 0.15) is 44.2 Å². The van der Waals surface area contributed by atoms with E-state index in [9.17, 15) is 4.79 Å². The molecular formula is C20H25N3O2. The summed E-state index contributed by atoms with van der Waals surface area (Å²) in [6.07, 6.45) is 6.96. The summed E-state index contributed by atoms with van der Waals surface area (Å²) in [6, 6.07) is 9.67. The number of aromatic nitrogens is 1. The topological polar surface area (TPSA) is 63.2 Å². The standard InChI is InChI=1S/C20H25N3O2/c1-14-8-9-16-17(21-14)6-5-7-18(16)23-19(24)22-15-12-20(25-13-15)10-3-2-4-11-20/h5-9,15H,2-4,10-13H2,1H3,(H2,22,23,24). The molecule has 1 unspecified atom stereocenters. The van der Waals surface area contributed by atoms with E-state index in [4.69, 9.17) is 4.74 Å². The summed E-state index contributed by atoms with van der Waals surface area (Å²) >= 11 is 0. The SMILES string of the molecule is Cc1ccc2c(NC(=O)NC3COC4(CCCCC4)C3)cccc2n1. The maximum Gasteiger partial charge on any atom is 0.319 e.